The Morgan fingerprint density at radius 2 is 2.12 bits per heavy atom. The Kier molecular flexibility index (Phi) is 4.30. The van der Waals surface area contributed by atoms with E-state index in [4.69, 9.17) is 10.5 Å². The summed E-state index contributed by atoms with van der Waals surface area (Å²) in [5.41, 5.74) is 7.10. The zero-order valence-corrected chi connectivity index (χ0v) is 10.7. The highest BCUT2D eigenvalue weighted by Crippen LogP contribution is 2.23. The molecule has 0 amide bonds. The van der Waals surface area contributed by atoms with Crippen LogP contribution in [-0.4, -0.2) is 11.6 Å². The first-order chi connectivity index (χ1) is 7.40. The number of hydrogen-bond acceptors (Lipinski definition) is 3. The summed E-state index contributed by atoms with van der Waals surface area (Å²) in [7, 11) is 0. The van der Waals surface area contributed by atoms with Crippen LogP contribution in [0.1, 0.15) is 45.7 Å². The van der Waals surface area contributed by atoms with Gasteiger partial charge in [-0.3, -0.25) is 0 Å². The fraction of sp³-hybridized carbons (Fsp3) is 0.615. The van der Waals surface area contributed by atoms with Crippen LogP contribution in [0.15, 0.2) is 18.3 Å². The molecule has 0 saturated carbocycles. The maximum Gasteiger partial charge on any atom is 0.218 e. The first-order valence-corrected chi connectivity index (χ1v) is 5.73. The van der Waals surface area contributed by atoms with Gasteiger partial charge in [0.05, 0.1) is 6.61 Å². The monoisotopic (exact) mass is 222 g/mol. The van der Waals surface area contributed by atoms with E-state index in [0.29, 0.717) is 12.5 Å². The molecule has 1 heterocycles. The molecular weight excluding hydrogens is 200 g/mol. The molecule has 0 aliphatic carbocycles. The highest BCUT2D eigenvalue weighted by molar-refractivity contribution is 5.28. The Morgan fingerprint density at radius 1 is 1.44 bits per heavy atom. The zero-order chi connectivity index (χ0) is 12.2. The molecule has 0 radical (unpaired) electrons. The third-order valence-electron chi connectivity index (χ3n) is 2.38. The van der Waals surface area contributed by atoms with E-state index in [9.17, 15) is 0 Å². The quantitative estimate of drug-likeness (QED) is 0.852. The first kappa shape index (κ1) is 13.0. The normalized spacial score (nSPS) is 13.6. The highest BCUT2D eigenvalue weighted by atomic mass is 16.5. The van der Waals surface area contributed by atoms with Gasteiger partial charge in [0.15, 0.2) is 0 Å². The lowest BCUT2D eigenvalue weighted by Gasteiger charge is -2.19. The number of nitrogens with two attached hydrogens (primary N) is 1. The van der Waals surface area contributed by atoms with Crippen LogP contribution in [0.25, 0.3) is 0 Å². The summed E-state index contributed by atoms with van der Waals surface area (Å²) in [5.74, 6) is 0.668. The Hall–Kier alpha value is -1.09. The second-order valence-corrected chi connectivity index (χ2v) is 5.35. The molecule has 0 spiro atoms. The van der Waals surface area contributed by atoms with Gasteiger partial charge in [0.2, 0.25) is 5.88 Å². The average Bonchev–Trinajstić information content (AvgIpc) is 2.16. The van der Waals surface area contributed by atoms with E-state index < -0.39 is 0 Å². The molecule has 3 nitrogen and oxygen atoms in total. The molecule has 1 rings (SSSR count). The van der Waals surface area contributed by atoms with Crippen LogP contribution in [0.3, 0.4) is 0 Å². The van der Waals surface area contributed by atoms with Crippen molar-refractivity contribution in [3.63, 3.8) is 0 Å². The second kappa shape index (κ2) is 5.30. The highest BCUT2D eigenvalue weighted by Gasteiger charge is 2.12. The molecule has 0 fully saturated rings. The van der Waals surface area contributed by atoms with Crippen molar-refractivity contribution in [3.8, 4) is 5.88 Å². The predicted octanol–water partition coefficient (Wildman–Crippen LogP) is 2.92. The van der Waals surface area contributed by atoms with E-state index in [-0.39, 0.29) is 11.5 Å². The Balaban J connectivity index is 2.60. The smallest absolute Gasteiger partial charge is 0.218 e. The summed E-state index contributed by atoms with van der Waals surface area (Å²) in [6.07, 6.45) is 2.74. The summed E-state index contributed by atoms with van der Waals surface area (Å²) in [6.45, 7) is 9.21. The van der Waals surface area contributed by atoms with Gasteiger partial charge in [-0.1, -0.05) is 26.8 Å². The van der Waals surface area contributed by atoms with Crippen LogP contribution < -0.4 is 10.5 Å². The number of nitrogens with zero attached hydrogens (tertiary/aromatic N) is 1. The van der Waals surface area contributed by atoms with Gasteiger partial charge >= 0.3 is 0 Å². The summed E-state index contributed by atoms with van der Waals surface area (Å²) in [6, 6.07) is 3.80. The molecular formula is C13H22N2O. The van der Waals surface area contributed by atoms with Crippen molar-refractivity contribution in [1.82, 2.24) is 4.98 Å². The lowest BCUT2D eigenvalue weighted by atomic mass is 9.93. The van der Waals surface area contributed by atoms with Crippen molar-refractivity contribution in [2.75, 3.05) is 6.61 Å². The predicted molar refractivity (Wildman–Crippen MR) is 66.4 cm³/mol. The minimum atomic E-state index is -0.0432. The molecule has 0 aromatic carbocycles. The maximum atomic E-state index is 5.85. The Morgan fingerprint density at radius 3 is 2.69 bits per heavy atom. The van der Waals surface area contributed by atoms with Gasteiger partial charge in [-0.15, -0.1) is 0 Å². The number of pyridine rings is 1. The van der Waals surface area contributed by atoms with Gasteiger partial charge in [-0.2, -0.15) is 0 Å². The fourth-order valence-electron chi connectivity index (χ4n) is 1.32. The summed E-state index contributed by atoms with van der Waals surface area (Å²) >= 11 is 0. The van der Waals surface area contributed by atoms with Crippen LogP contribution in [0.5, 0.6) is 5.88 Å². The molecule has 3 heteroatoms. The largest absolute Gasteiger partial charge is 0.477 e. The van der Waals surface area contributed by atoms with Crippen molar-refractivity contribution < 1.29 is 4.74 Å². The molecule has 16 heavy (non-hydrogen) atoms. The van der Waals surface area contributed by atoms with E-state index in [1.165, 1.54) is 0 Å². The van der Waals surface area contributed by atoms with Crippen LogP contribution >= 0.6 is 0 Å². The second-order valence-electron chi connectivity index (χ2n) is 5.35. The van der Waals surface area contributed by atoms with Gasteiger partial charge in [-0.25, -0.2) is 4.98 Å². The SMILES string of the molecule is C[C@H](N)c1cccnc1OCCC(C)(C)C. The lowest BCUT2D eigenvalue weighted by molar-refractivity contribution is 0.234. The maximum absolute atomic E-state index is 5.85. The van der Waals surface area contributed by atoms with Crippen LogP contribution in [0.2, 0.25) is 0 Å². The van der Waals surface area contributed by atoms with Gasteiger partial charge in [-0.05, 0) is 24.8 Å². The Bertz CT molecular complexity index is 329. The molecule has 0 aliphatic heterocycles. The lowest BCUT2D eigenvalue weighted by Crippen LogP contribution is -2.14. The number of aromatic nitrogens is 1. The molecule has 90 valence electrons. The van der Waals surface area contributed by atoms with Crippen LogP contribution in [0, 0.1) is 5.41 Å². The van der Waals surface area contributed by atoms with Gasteiger partial charge in [0.1, 0.15) is 0 Å². The molecule has 0 unspecified atom stereocenters. The molecule has 1 aromatic heterocycles. The molecule has 0 saturated heterocycles. The van der Waals surface area contributed by atoms with Crippen LogP contribution in [-0.2, 0) is 0 Å². The molecule has 2 N–H and O–H groups in total. The number of hydrogen-bond donors (Lipinski definition) is 1. The number of ether oxygens (including phenoxy) is 1. The van der Waals surface area contributed by atoms with Crippen molar-refractivity contribution in [3.05, 3.63) is 23.9 Å². The van der Waals surface area contributed by atoms with Crippen molar-refractivity contribution in [2.24, 2.45) is 11.1 Å². The third-order valence-corrected chi connectivity index (χ3v) is 2.38. The minimum Gasteiger partial charge on any atom is -0.477 e. The van der Waals surface area contributed by atoms with Crippen molar-refractivity contribution >= 4 is 0 Å². The van der Waals surface area contributed by atoms with Crippen molar-refractivity contribution in [1.29, 1.82) is 0 Å². The fourth-order valence-corrected chi connectivity index (χ4v) is 1.32. The Labute approximate surface area is 98.0 Å². The molecule has 0 aliphatic rings. The van der Waals surface area contributed by atoms with E-state index in [0.717, 1.165) is 12.0 Å². The van der Waals surface area contributed by atoms with E-state index in [1.807, 2.05) is 19.1 Å². The topological polar surface area (TPSA) is 48.1 Å². The average molecular weight is 222 g/mol. The summed E-state index contributed by atoms with van der Waals surface area (Å²) < 4.78 is 5.68. The van der Waals surface area contributed by atoms with Crippen molar-refractivity contribution in [2.45, 2.75) is 40.2 Å². The van der Waals surface area contributed by atoms with E-state index >= 15 is 0 Å². The standard InChI is InChI=1S/C13H22N2O/c1-10(14)11-6-5-8-15-12(11)16-9-7-13(2,3)4/h5-6,8,10H,7,9,14H2,1-4H3/t10-/m0/s1. The first-order valence-electron chi connectivity index (χ1n) is 5.73. The van der Waals surface area contributed by atoms with Gasteiger partial charge < -0.3 is 10.5 Å². The van der Waals surface area contributed by atoms with Gasteiger partial charge in [0.25, 0.3) is 0 Å². The third kappa shape index (κ3) is 4.19. The zero-order valence-electron chi connectivity index (χ0n) is 10.7. The summed E-state index contributed by atoms with van der Waals surface area (Å²) in [5, 5.41) is 0. The van der Waals surface area contributed by atoms with E-state index in [2.05, 4.69) is 25.8 Å². The van der Waals surface area contributed by atoms with E-state index in [1.54, 1.807) is 6.20 Å². The van der Waals surface area contributed by atoms with Gasteiger partial charge in [0, 0.05) is 17.8 Å². The van der Waals surface area contributed by atoms with Crippen LogP contribution in [0.4, 0.5) is 0 Å². The molecule has 1 aromatic rings. The summed E-state index contributed by atoms with van der Waals surface area (Å²) in [4.78, 5) is 4.22. The molecule has 1 atom stereocenters. The minimum absolute atomic E-state index is 0.0432. The molecule has 0 bridgehead atoms. The number of rotatable bonds is 4.